The molecule has 0 saturated carbocycles. The third-order valence-electron chi connectivity index (χ3n) is 2.45. The van der Waals surface area contributed by atoms with Gasteiger partial charge in [-0.15, -0.1) is 10.2 Å². The highest BCUT2D eigenvalue weighted by Gasteiger charge is 2.18. The van der Waals surface area contributed by atoms with Gasteiger partial charge in [0, 0.05) is 0 Å². The molecule has 2 aromatic rings. The van der Waals surface area contributed by atoms with Crippen molar-refractivity contribution >= 4 is 11.6 Å². The zero-order chi connectivity index (χ0) is 12.3. The minimum atomic E-state index is 0.0759. The quantitative estimate of drug-likeness (QED) is 0.890. The zero-order valence-corrected chi connectivity index (χ0v) is 10.5. The van der Waals surface area contributed by atoms with Crippen molar-refractivity contribution in [3.63, 3.8) is 0 Å². The summed E-state index contributed by atoms with van der Waals surface area (Å²) in [5.74, 6) is 0.955. The van der Waals surface area contributed by atoms with Gasteiger partial charge in [0.25, 0.3) is 5.89 Å². The maximum atomic E-state index is 5.85. The van der Waals surface area contributed by atoms with Gasteiger partial charge in [0.2, 0.25) is 11.1 Å². The number of nitrogens with one attached hydrogen (secondary N) is 1. The molecule has 0 aliphatic rings. The molecular weight excluding hydrogens is 242 g/mol. The average molecular weight is 256 g/mol. The van der Waals surface area contributed by atoms with E-state index in [2.05, 4.69) is 22.4 Å². The van der Waals surface area contributed by atoms with E-state index in [9.17, 15) is 0 Å². The number of halogens is 1. The van der Waals surface area contributed by atoms with Gasteiger partial charge in [-0.2, -0.15) is 0 Å². The summed E-state index contributed by atoms with van der Waals surface area (Å²) in [5.41, 5.74) is 0.622. The van der Waals surface area contributed by atoms with Crippen molar-refractivity contribution in [2.24, 2.45) is 0 Å². The fourth-order valence-corrected chi connectivity index (χ4v) is 1.78. The van der Waals surface area contributed by atoms with E-state index in [1.165, 1.54) is 6.26 Å². The molecule has 17 heavy (non-hydrogen) atoms. The van der Waals surface area contributed by atoms with E-state index in [4.69, 9.17) is 20.4 Å². The van der Waals surface area contributed by atoms with Gasteiger partial charge in [-0.1, -0.05) is 13.8 Å². The van der Waals surface area contributed by atoms with Crippen molar-refractivity contribution in [3.05, 3.63) is 23.4 Å². The van der Waals surface area contributed by atoms with E-state index in [0.717, 1.165) is 13.0 Å². The first kappa shape index (κ1) is 12.1. The summed E-state index contributed by atoms with van der Waals surface area (Å²) in [5, 5.41) is 11.5. The van der Waals surface area contributed by atoms with E-state index < -0.39 is 0 Å². The summed E-state index contributed by atoms with van der Waals surface area (Å²) in [4.78, 5) is 0. The standard InChI is InChI=1S/C11H14ClN3O2/c1-3-8(13-4-2)11-15-14-10(17-11)7-5-6-16-9(7)12/h5-6,8,13H,3-4H2,1-2H3. The molecule has 92 valence electrons. The summed E-state index contributed by atoms with van der Waals surface area (Å²) >= 11 is 5.85. The summed E-state index contributed by atoms with van der Waals surface area (Å²) in [7, 11) is 0. The minimum Gasteiger partial charge on any atom is -0.452 e. The first-order chi connectivity index (χ1) is 8.26. The largest absolute Gasteiger partial charge is 0.452 e. The van der Waals surface area contributed by atoms with Crippen LogP contribution in [-0.2, 0) is 0 Å². The number of rotatable bonds is 5. The first-order valence-corrected chi connectivity index (χ1v) is 5.94. The molecule has 0 bridgehead atoms. The van der Waals surface area contributed by atoms with Crippen molar-refractivity contribution in [1.29, 1.82) is 0 Å². The van der Waals surface area contributed by atoms with Crippen LogP contribution in [0.3, 0.4) is 0 Å². The Bertz CT molecular complexity index is 481. The number of furan rings is 1. The van der Waals surface area contributed by atoms with Gasteiger partial charge in [-0.05, 0) is 30.6 Å². The van der Waals surface area contributed by atoms with Gasteiger partial charge < -0.3 is 14.2 Å². The predicted molar refractivity (Wildman–Crippen MR) is 63.7 cm³/mol. The van der Waals surface area contributed by atoms with Crippen molar-refractivity contribution in [2.75, 3.05) is 6.54 Å². The highest BCUT2D eigenvalue weighted by molar-refractivity contribution is 6.31. The SMILES string of the molecule is CCNC(CC)c1nnc(-c2ccoc2Cl)o1. The fourth-order valence-electron chi connectivity index (χ4n) is 1.58. The monoisotopic (exact) mass is 255 g/mol. The molecule has 2 heterocycles. The molecule has 1 N–H and O–H groups in total. The van der Waals surface area contributed by atoms with Crippen molar-refractivity contribution in [3.8, 4) is 11.5 Å². The molecule has 0 aromatic carbocycles. The van der Waals surface area contributed by atoms with E-state index in [1.807, 2.05) is 6.92 Å². The van der Waals surface area contributed by atoms with Gasteiger partial charge >= 0.3 is 0 Å². The van der Waals surface area contributed by atoms with Gasteiger partial charge in [0.05, 0.1) is 17.9 Å². The normalized spacial score (nSPS) is 12.9. The molecule has 0 spiro atoms. The molecule has 6 heteroatoms. The van der Waals surface area contributed by atoms with Crippen LogP contribution in [0, 0.1) is 0 Å². The molecule has 0 saturated heterocycles. The second-order valence-electron chi connectivity index (χ2n) is 3.57. The summed E-state index contributed by atoms with van der Waals surface area (Å²) in [6.45, 7) is 4.94. The average Bonchev–Trinajstić information content (AvgIpc) is 2.94. The Hall–Kier alpha value is -1.33. The first-order valence-electron chi connectivity index (χ1n) is 5.56. The van der Waals surface area contributed by atoms with Crippen LogP contribution < -0.4 is 5.32 Å². The molecule has 5 nitrogen and oxygen atoms in total. The Balaban J connectivity index is 2.24. The van der Waals surface area contributed by atoms with Crippen LogP contribution in [0.1, 0.15) is 32.2 Å². The van der Waals surface area contributed by atoms with E-state index in [1.54, 1.807) is 6.07 Å². The van der Waals surface area contributed by atoms with Crippen LogP contribution in [0.5, 0.6) is 0 Å². The lowest BCUT2D eigenvalue weighted by Crippen LogP contribution is -2.20. The van der Waals surface area contributed by atoms with Crippen LogP contribution >= 0.6 is 11.6 Å². The number of nitrogens with zero attached hydrogens (tertiary/aromatic N) is 2. The van der Waals surface area contributed by atoms with Gasteiger partial charge in [-0.3, -0.25) is 0 Å². The fraction of sp³-hybridized carbons (Fsp3) is 0.455. The van der Waals surface area contributed by atoms with Crippen LogP contribution in [0.25, 0.3) is 11.5 Å². The molecule has 0 aliphatic heterocycles. The molecule has 2 aromatic heterocycles. The van der Waals surface area contributed by atoms with Crippen molar-refractivity contribution < 1.29 is 8.83 Å². The highest BCUT2D eigenvalue weighted by Crippen LogP contribution is 2.29. The summed E-state index contributed by atoms with van der Waals surface area (Å²) in [6, 6.07) is 1.78. The Kier molecular flexibility index (Phi) is 3.81. The van der Waals surface area contributed by atoms with E-state index in [-0.39, 0.29) is 11.3 Å². The molecule has 1 atom stereocenters. The molecule has 0 aliphatic carbocycles. The predicted octanol–water partition coefficient (Wildman–Crippen LogP) is 3.04. The van der Waals surface area contributed by atoms with Crippen LogP contribution in [0.15, 0.2) is 21.2 Å². The highest BCUT2D eigenvalue weighted by atomic mass is 35.5. The molecule has 2 rings (SSSR count). The van der Waals surface area contributed by atoms with Gasteiger partial charge in [-0.25, -0.2) is 0 Å². The topological polar surface area (TPSA) is 64.1 Å². The van der Waals surface area contributed by atoms with E-state index in [0.29, 0.717) is 17.3 Å². The third-order valence-corrected chi connectivity index (χ3v) is 2.74. The van der Waals surface area contributed by atoms with Crippen molar-refractivity contribution in [1.82, 2.24) is 15.5 Å². The smallest absolute Gasteiger partial charge is 0.252 e. The van der Waals surface area contributed by atoms with E-state index >= 15 is 0 Å². The molecule has 0 fully saturated rings. The Labute approximate surface area is 104 Å². The van der Waals surface area contributed by atoms with Crippen LogP contribution in [0.4, 0.5) is 0 Å². The van der Waals surface area contributed by atoms with Gasteiger partial charge in [0.1, 0.15) is 0 Å². The molecule has 1 unspecified atom stereocenters. The van der Waals surface area contributed by atoms with Crippen LogP contribution in [-0.4, -0.2) is 16.7 Å². The Morgan fingerprint density at radius 2 is 2.24 bits per heavy atom. The second kappa shape index (κ2) is 5.33. The number of hydrogen-bond donors (Lipinski definition) is 1. The summed E-state index contributed by atoms with van der Waals surface area (Å²) in [6.07, 6.45) is 2.37. The number of aromatic nitrogens is 2. The van der Waals surface area contributed by atoms with Crippen molar-refractivity contribution in [2.45, 2.75) is 26.3 Å². The maximum absolute atomic E-state index is 5.85. The molecule has 0 amide bonds. The molecule has 0 radical (unpaired) electrons. The third kappa shape index (κ3) is 2.50. The van der Waals surface area contributed by atoms with Crippen LogP contribution in [0.2, 0.25) is 5.22 Å². The minimum absolute atomic E-state index is 0.0759. The van der Waals surface area contributed by atoms with Gasteiger partial charge in [0.15, 0.2) is 0 Å². The number of hydrogen-bond acceptors (Lipinski definition) is 5. The Morgan fingerprint density at radius 1 is 1.41 bits per heavy atom. The Morgan fingerprint density at radius 3 is 2.82 bits per heavy atom. The molecular formula is C11H14ClN3O2. The lowest BCUT2D eigenvalue weighted by atomic mass is 10.2. The lowest BCUT2D eigenvalue weighted by molar-refractivity contribution is 0.402. The lowest BCUT2D eigenvalue weighted by Gasteiger charge is -2.09. The second-order valence-corrected chi connectivity index (χ2v) is 3.92. The zero-order valence-electron chi connectivity index (χ0n) is 9.74. The summed E-state index contributed by atoms with van der Waals surface area (Å²) < 4.78 is 10.6. The maximum Gasteiger partial charge on any atom is 0.252 e.